The molecule has 11 heteroatoms. The van der Waals surface area contributed by atoms with E-state index in [1.54, 1.807) is 13.2 Å². The van der Waals surface area contributed by atoms with Crippen molar-refractivity contribution in [1.82, 2.24) is 19.4 Å². The smallest absolute Gasteiger partial charge is 0.410 e. The van der Waals surface area contributed by atoms with E-state index in [-0.39, 0.29) is 41.6 Å². The van der Waals surface area contributed by atoms with Crippen molar-refractivity contribution < 1.29 is 23.3 Å². The van der Waals surface area contributed by atoms with Crippen LogP contribution in [0.5, 0.6) is 0 Å². The third kappa shape index (κ3) is 4.22. The Balaban J connectivity index is 1.62. The lowest BCUT2D eigenvalue weighted by Gasteiger charge is -2.40. The molecule has 1 unspecified atom stereocenters. The molecule has 7 rings (SSSR count). The summed E-state index contributed by atoms with van der Waals surface area (Å²) in [5.74, 6) is -0.310. The monoisotopic (exact) mass is 632 g/mol. The molecule has 1 aromatic carbocycles. The van der Waals surface area contributed by atoms with Gasteiger partial charge >= 0.3 is 6.09 Å². The third-order valence-corrected chi connectivity index (χ3v) is 10.4. The topological polar surface area (TPSA) is 90.7 Å². The van der Waals surface area contributed by atoms with Crippen LogP contribution in [0.25, 0.3) is 21.8 Å². The fraction of sp³-hybridized carbons (Fsp3) is 0.552. The van der Waals surface area contributed by atoms with Crippen LogP contribution in [0.4, 0.5) is 9.18 Å². The minimum atomic E-state index is -1.49. The Morgan fingerprint density at radius 1 is 1.23 bits per heavy atom. The molecule has 3 aliphatic heterocycles. The average molecular weight is 634 g/mol. The quantitative estimate of drug-likeness (QED) is 0.330. The van der Waals surface area contributed by atoms with Crippen LogP contribution in [0.1, 0.15) is 70.3 Å². The van der Waals surface area contributed by atoms with Crippen molar-refractivity contribution in [3.05, 3.63) is 33.7 Å². The molecule has 4 fully saturated rings. The zero-order chi connectivity index (χ0) is 28.8. The number of hydrogen-bond acceptors (Lipinski definition) is 5. The van der Waals surface area contributed by atoms with E-state index in [9.17, 15) is 14.1 Å². The molecule has 4 aliphatic rings. The van der Waals surface area contributed by atoms with E-state index in [0.717, 1.165) is 36.0 Å². The molecular weight excluding hydrogens is 599 g/mol. The molecule has 0 N–H and O–H groups in total. The van der Waals surface area contributed by atoms with Crippen molar-refractivity contribution in [2.75, 3.05) is 19.3 Å². The van der Waals surface area contributed by atoms with Crippen LogP contribution < -0.4 is 0 Å². The zero-order valence-corrected chi connectivity index (χ0v) is 26.0. The van der Waals surface area contributed by atoms with Crippen molar-refractivity contribution in [3.8, 4) is 0 Å². The van der Waals surface area contributed by atoms with Crippen LogP contribution in [-0.4, -0.2) is 66.9 Å². The first-order valence-corrected chi connectivity index (χ1v) is 16.1. The first-order valence-electron chi connectivity index (χ1n) is 13.7. The number of carbonyl (C=O) groups excluding carboxylic acids is 2. The van der Waals surface area contributed by atoms with E-state index in [0.29, 0.717) is 33.4 Å². The number of rotatable bonds is 3. The van der Waals surface area contributed by atoms with Crippen LogP contribution in [0.15, 0.2) is 21.6 Å². The van der Waals surface area contributed by atoms with Gasteiger partial charge in [0, 0.05) is 48.2 Å². The summed E-state index contributed by atoms with van der Waals surface area (Å²) in [6.07, 6.45) is 3.74. The van der Waals surface area contributed by atoms with Crippen molar-refractivity contribution in [2.45, 2.75) is 82.6 Å². The van der Waals surface area contributed by atoms with Gasteiger partial charge < -0.3 is 23.7 Å². The maximum Gasteiger partial charge on any atom is 0.410 e. The molecule has 3 aromatic rings. The second-order valence-electron chi connectivity index (χ2n) is 12.3. The molecule has 2 amide bonds. The number of ether oxygens (including phenoxy) is 1. The molecule has 0 radical (unpaired) electrons. The van der Waals surface area contributed by atoms with Crippen LogP contribution in [-0.2, 0) is 20.7 Å². The Hall–Kier alpha value is -2.37. The Morgan fingerprint density at radius 2 is 1.95 bits per heavy atom. The number of halogens is 2. The van der Waals surface area contributed by atoms with Gasteiger partial charge in [-0.2, -0.15) is 4.98 Å². The second kappa shape index (κ2) is 9.59. The van der Waals surface area contributed by atoms with E-state index in [2.05, 4.69) is 25.5 Å². The summed E-state index contributed by atoms with van der Waals surface area (Å²) in [5.41, 5.74) is 1.97. The Bertz CT molecular complexity index is 1570. The summed E-state index contributed by atoms with van der Waals surface area (Å²) >= 11 is 1.87. The van der Waals surface area contributed by atoms with Crippen molar-refractivity contribution in [3.63, 3.8) is 0 Å². The summed E-state index contributed by atoms with van der Waals surface area (Å²) < 4.78 is 37.0. The number of benzene rings is 1. The molecule has 1 aliphatic carbocycles. The molecule has 3 saturated heterocycles. The Labute approximate surface area is 244 Å². The summed E-state index contributed by atoms with van der Waals surface area (Å²) in [4.78, 5) is 34.1. The number of fused-ring (bicyclic) bond motifs is 4. The molecular formula is C29H34BrFN4O4S. The summed E-state index contributed by atoms with van der Waals surface area (Å²) in [5, 5.41) is 1.66. The first-order chi connectivity index (χ1) is 18.8. The lowest BCUT2D eigenvalue weighted by Crippen LogP contribution is -2.45. The highest BCUT2D eigenvalue weighted by molar-refractivity contribution is 9.10. The van der Waals surface area contributed by atoms with Crippen LogP contribution >= 0.6 is 15.9 Å². The largest absolute Gasteiger partial charge is 0.610 e. The molecule has 5 atom stereocenters. The van der Waals surface area contributed by atoms with Gasteiger partial charge in [0.25, 0.3) is 5.03 Å². The Kier molecular flexibility index (Phi) is 6.66. The maximum atomic E-state index is 15.7. The normalized spacial score (nSPS) is 25.1. The highest BCUT2D eigenvalue weighted by Gasteiger charge is 2.57. The minimum absolute atomic E-state index is 0.000590. The molecule has 0 spiro atoms. The Morgan fingerprint density at radius 3 is 2.60 bits per heavy atom. The number of carbonyl (C=O) groups is 2. The highest BCUT2D eigenvalue weighted by Crippen LogP contribution is 2.54. The molecule has 40 heavy (non-hydrogen) atoms. The lowest BCUT2D eigenvalue weighted by atomic mass is 9.79. The minimum Gasteiger partial charge on any atom is -0.610 e. The zero-order valence-electron chi connectivity index (χ0n) is 23.6. The number of aryl methyl sites for hydroxylation is 1. The van der Waals surface area contributed by atoms with E-state index in [1.807, 2.05) is 49.6 Å². The number of amides is 2. The molecule has 2 bridgehead atoms. The molecule has 1 saturated carbocycles. The highest BCUT2D eigenvalue weighted by atomic mass is 79.9. The summed E-state index contributed by atoms with van der Waals surface area (Å²) in [6, 6.07) is 3.58. The van der Waals surface area contributed by atoms with Gasteiger partial charge in [-0.1, -0.05) is 0 Å². The molecule has 5 heterocycles. The average Bonchev–Trinajstić information content (AvgIpc) is 3.62. The standard InChI is InChI=1S/C29H34BrFN4O4S/c1-14-10-17-24(23(31)22(14)30)32-27(40(6)38)18-12-20(19-8-7-9-33(19)15(2)36)35(26(17)18)25-16-11-21(25)34(13-16)28(37)39-29(3,4)5/h10,12,16,19,21,25H,7-9,11,13H2,1-6H3/t16-,19-,21-,25+,40?/m1/s1. The van der Waals surface area contributed by atoms with Gasteiger partial charge in [0.05, 0.1) is 33.5 Å². The second-order valence-corrected chi connectivity index (χ2v) is 14.4. The van der Waals surface area contributed by atoms with Crippen molar-refractivity contribution in [2.24, 2.45) is 5.92 Å². The van der Waals surface area contributed by atoms with Crippen LogP contribution in [0.2, 0.25) is 0 Å². The van der Waals surface area contributed by atoms with E-state index < -0.39 is 22.6 Å². The van der Waals surface area contributed by atoms with Gasteiger partial charge in [-0.3, -0.25) is 4.79 Å². The van der Waals surface area contributed by atoms with Crippen molar-refractivity contribution >= 4 is 60.9 Å². The predicted octanol–water partition coefficient (Wildman–Crippen LogP) is 6.00. The number of aromatic nitrogens is 2. The fourth-order valence-corrected chi connectivity index (χ4v) is 7.92. The van der Waals surface area contributed by atoms with Crippen LogP contribution in [0.3, 0.4) is 0 Å². The fourth-order valence-electron chi connectivity index (χ4n) is 6.93. The van der Waals surface area contributed by atoms with Gasteiger partial charge in [0.1, 0.15) is 17.4 Å². The predicted molar refractivity (Wildman–Crippen MR) is 155 cm³/mol. The number of nitrogens with zero attached hydrogens (tertiary/aromatic N) is 4. The molecule has 8 nitrogen and oxygen atoms in total. The maximum absolute atomic E-state index is 15.7. The molecule has 2 aromatic heterocycles. The lowest BCUT2D eigenvalue weighted by molar-refractivity contribution is -0.129. The number of likely N-dealkylation sites (tertiary alicyclic amines) is 1. The SMILES string of the molecule is CC(=O)N1CCC[C@@H]1c1cc2c([S+](C)[O-])nc3c(F)c(Br)c(C)cc3c2n1[C@H]1[C@@H]2C[C@H]1N(C(=O)OC(C)(C)C)C2. The third-order valence-electron chi connectivity index (χ3n) is 8.58. The molecule has 214 valence electrons. The van der Waals surface area contributed by atoms with Crippen molar-refractivity contribution in [1.29, 1.82) is 0 Å². The first kappa shape index (κ1) is 27.8. The van der Waals surface area contributed by atoms with Gasteiger partial charge in [-0.05, 0) is 80.6 Å². The van der Waals surface area contributed by atoms with E-state index in [4.69, 9.17) is 4.74 Å². The summed E-state index contributed by atoms with van der Waals surface area (Å²) in [6.45, 7) is 10.2. The summed E-state index contributed by atoms with van der Waals surface area (Å²) in [7, 11) is 0. The van der Waals surface area contributed by atoms with Crippen LogP contribution in [0, 0.1) is 18.7 Å². The van der Waals surface area contributed by atoms with Gasteiger partial charge in [-0.25, -0.2) is 9.18 Å². The van der Waals surface area contributed by atoms with Gasteiger partial charge in [-0.15, -0.1) is 0 Å². The van der Waals surface area contributed by atoms with E-state index >= 15 is 4.39 Å². The van der Waals surface area contributed by atoms with Gasteiger partial charge in [0.2, 0.25) is 5.91 Å². The number of hydrogen-bond donors (Lipinski definition) is 0. The number of pyridine rings is 1. The van der Waals surface area contributed by atoms with Gasteiger partial charge in [0.15, 0.2) is 5.82 Å². The van der Waals surface area contributed by atoms with E-state index in [1.165, 1.54) is 0 Å².